The molecule has 3 rings (SSSR count). The molecule has 1 aliphatic heterocycles. The normalized spacial score (nSPS) is 27.5. The third kappa shape index (κ3) is 2.88. The third-order valence-corrected chi connectivity index (χ3v) is 5.58. The molecule has 2 fully saturated rings. The van der Waals surface area contributed by atoms with E-state index in [1.165, 1.54) is 12.8 Å². The number of hydrogen-bond donors (Lipinski definition) is 0. The number of hydrogen-bond acceptors (Lipinski definition) is 3. The highest BCUT2D eigenvalue weighted by Crippen LogP contribution is 2.34. The fourth-order valence-electron chi connectivity index (χ4n) is 3.98. The first-order valence-electron chi connectivity index (χ1n) is 8.02. The predicted octanol–water partition coefficient (Wildman–Crippen LogP) is 3.11. The van der Waals surface area contributed by atoms with Crippen molar-refractivity contribution in [3.63, 3.8) is 0 Å². The Bertz CT molecular complexity index is 540. The number of aromatic nitrogens is 2. The minimum atomic E-state index is 0.247. The smallest absolute Gasteiger partial charge is 0.137 e. The van der Waals surface area contributed by atoms with Crippen LogP contribution in [-0.2, 0) is 18.4 Å². The van der Waals surface area contributed by atoms with Crippen LogP contribution in [0, 0.1) is 12.8 Å². The molecule has 0 bridgehead atoms. The highest BCUT2D eigenvalue weighted by atomic mass is 35.5. The molecule has 1 aliphatic carbocycles. The van der Waals surface area contributed by atoms with Gasteiger partial charge >= 0.3 is 0 Å². The van der Waals surface area contributed by atoms with Crippen molar-refractivity contribution in [3.8, 4) is 0 Å². The van der Waals surface area contributed by atoms with Crippen LogP contribution in [0.4, 0.5) is 0 Å². The van der Waals surface area contributed by atoms with Gasteiger partial charge in [-0.3, -0.25) is 14.4 Å². The van der Waals surface area contributed by atoms with Crippen molar-refractivity contribution in [2.45, 2.75) is 58.0 Å². The Balaban J connectivity index is 1.76. The van der Waals surface area contributed by atoms with E-state index in [0.717, 1.165) is 55.2 Å². The van der Waals surface area contributed by atoms with Crippen LogP contribution in [0.3, 0.4) is 0 Å². The van der Waals surface area contributed by atoms with E-state index >= 15 is 0 Å². The molecular weight excluding hydrogens is 286 g/mol. The van der Waals surface area contributed by atoms with E-state index in [4.69, 9.17) is 11.6 Å². The minimum Gasteiger partial charge on any atom is -0.299 e. The lowest BCUT2D eigenvalue weighted by Gasteiger charge is -2.33. The molecule has 1 aromatic rings. The lowest BCUT2D eigenvalue weighted by molar-refractivity contribution is -0.126. The Hall–Kier alpha value is -0.870. The first-order chi connectivity index (χ1) is 10.1. The number of aryl methyl sites for hydroxylation is 2. The second-order valence-corrected chi connectivity index (χ2v) is 6.84. The summed E-state index contributed by atoms with van der Waals surface area (Å²) >= 11 is 6.36. The predicted molar refractivity (Wildman–Crippen MR) is 83.4 cm³/mol. The van der Waals surface area contributed by atoms with Gasteiger partial charge in [0.15, 0.2) is 0 Å². The lowest BCUT2D eigenvalue weighted by Crippen LogP contribution is -2.40. The molecule has 1 saturated carbocycles. The Morgan fingerprint density at radius 3 is 2.76 bits per heavy atom. The maximum absolute atomic E-state index is 12.2. The van der Waals surface area contributed by atoms with Gasteiger partial charge in [0.2, 0.25) is 0 Å². The quantitative estimate of drug-likeness (QED) is 0.861. The minimum absolute atomic E-state index is 0.247. The zero-order valence-corrected chi connectivity index (χ0v) is 13.7. The molecule has 2 heterocycles. The summed E-state index contributed by atoms with van der Waals surface area (Å²) in [5, 5.41) is 5.13. The molecule has 2 unspecified atom stereocenters. The van der Waals surface area contributed by atoms with Gasteiger partial charge in [-0.05, 0) is 39.2 Å². The maximum Gasteiger partial charge on any atom is 0.137 e. The Kier molecular flexibility index (Phi) is 4.36. The highest BCUT2D eigenvalue weighted by molar-refractivity contribution is 6.30. The molecule has 21 heavy (non-hydrogen) atoms. The van der Waals surface area contributed by atoms with Gasteiger partial charge in [-0.25, -0.2) is 0 Å². The SMILES string of the molecule is Cc1nn(C)c(Cl)c1CN1CCCC1C1CCCCC1=O. The summed E-state index contributed by atoms with van der Waals surface area (Å²) in [4.78, 5) is 14.7. The summed E-state index contributed by atoms with van der Waals surface area (Å²) in [7, 11) is 1.88. The van der Waals surface area contributed by atoms with Crippen molar-refractivity contribution in [2.24, 2.45) is 13.0 Å². The molecular formula is C16H24ClN3O. The molecule has 2 aliphatic rings. The van der Waals surface area contributed by atoms with E-state index in [-0.39, 0.29) is 5.92 Å². The van der Waals surface area contributed by atoms with E-state index in [1.54, 1.807) is 4.68 Å². The van der Waals surface area contributed by atoms with Crippen LogP contribution in [0.1, 0.15) is 49.8 Å². The van der Waals surface area contributed by atoms with Crippen LogP contribution >= 0.6 is 11.6 Å². The fraction of sp³-hybridized carbons (Fsp3) is 0.750. The molecule has 0 aromatic carbocycles. The first kappa shape index (κ1) is 15.0. The lowest BCUT2D eigenvalue weighted by atomic mass is 9.82. The number of carbonyl (C=O) groups excluding carboxylic acids is 1. The van der Waals surface area contributed by atoms with Gasteiger partial charge in [0.25, 0.3) is 0 Å². The van der Waals surface area contributed by atoms with E-state index in [0.29, 0.717) is 11.8 Å². The van der Waals surface area contributed by atoms with E-state index in [2.05, 4.69) is 10.00 Å². The number of Topliss-reactive ketones (excluding diaryl/α,β-unsaturated/α-hetero) is 1. The van der Waals surface area contributed by atoms with Crippen LogP contribution in [0.5, 0.6) is 0 Å². The zero-order chi connectivity index (χ0) is 15.0. The van der Waals surface area contributed by atoms with Gasteiger partial charge in [0.1, 0.15) is 10.9 Å². The number of halogens is 1. The Morgan fingerprint density at radius 1 is 1.29 bits per heavy atom. The van der Waals surface area contributed by atoms with Crippen molar-refractivity contribution in [3.05, 3.63) is 16.4 Å². The van der Waals surface area contributed by atoms with Crippen molar-refractivity contribution < 1.29 is 4.79 Å². The van der Waals surface area contributed by atoms with E-state index in [1.807, 2.05) is 14.0 Å². The number of ketones is 1. The molecule has 1 aromatic heterocycles. The van der Waals surface area contributed by atoms with Crippen molar-refractivity contribution in [1.82, 2.24) is 14.7 Å². The summed E-state index contributed by atoms with van der Waals surface area (Å²) < 4.78 is 1.74. The Morgan fingerprint density at radius 2 is 2.10 bits per heavy atom. The summed E-state index contributed by atoms with van der Waals surface area (Å²) in [6, 6.07) is 0.411. The monoisotopic (exact) mass is 309 g/mol. The molecule has 5 heteroatoms. The molecule has 0 radical (unpaired) electrons. The molecule has 4 nitrogen and oxygen atoms in total. The third-order valence-electron chi connectivity index (χ3n) is 5.11. The molecule has 0 amide bonds. The second kappa shape index (κ2) is 6.09. The fourth-order valence-corrected chi connectivity index (χ4v) is 4.21. The summed E-state index contributed by atoms with van der Waals surface area (Å²) in [5.41, 5.74) is 2.12. The van der Waals surface area contributed by atoms with Crippen LogP contribution in [0.2, 0.25) is 5.15 Å². The van der Waals surface area contributed by atoms with E-state index in [9.17, 15) is 4.79 Å². The van der Waals surface area contributed by atoms with Crippen molar-refractivity contribution >= 4 is 17.4 Å². The summed E-state index contributed by atoms with van der Waals surface area (Å²) in [6.45, 7) is 3.91. The highest BCUT2D eigenvalue weighted by Gasteiger charge is 2.37. The largest absolute Gasteiger partial charge is 0.299 e. The molecule has 116 valence electrons. The van der Waals surface area contributed by atoms with Crippen molar-refractivity contribution in [2.75, 3.05) is 6.54 Å². The van der Waals surface area contributed by atoms with Crippen molar-refractivity contribution in [1.29, 1.82) is 0 Å². The van der Waals surface area contributed by atoms with Gasteiger partial charge in [-0.1, -0.05) is 18.0 Å². The molecule has 0 spiro atoms. The Labute approximate surface area is 131 Å². The van der Waals surface area contributed by atoms with E-state index < -0.39 is 0 Å². The molecule has 0 N–H and O–H groups in total. The molecule has 1 saturated heterocycles. The van der Waals surface area contributed by atoms with Gasteiger partial charge in [0.05, 0.1) is 5.69 Å². The topological polar surface area (TPSA) is 38.1 Å². The maximum atomic E-state index is 12.2. The van der Waals surface area contributed by atoms with Crippen LogP contribution in [0.15, 0.2) is 0 Å². The zero-order valence-electron chi connectivity index (χ0n) is 12.9. The number of nitrogens with zero attached hydrogens (tertiary/aromatic N) is 3. The number of rotatable bonds is 3. The van der Waals surface area contributed by atoms with Gasteiger partial charge in [-0.2, -0.15) is 5.10 Å². The average molecular weight is 310 g/mol. The van der Waals surface area contributed by atoms with Crippen LogP contribution in [0.25, 0.3) is 0 Å². The molecule has 2 atom stereocenters. The second-order valence-electron chi connectivity index (χ2n) is 6.48. The average Bonchev–Trinajstić information content (AvgIpc) is 3.00. The number of likely N-dealkylation sites (tertiary alicyclic amines) is 1. The summed E-state index contributed by atoms with van der Waals surface area (Å²) in [6.07, 6.45) is 6.46. The van der Waals surface area contributed by atoms with Crippen LogP contribution in [-0.4, -0.2) is 33.1 Å². The summed E-state index contributed by atoms with van der Waals surface area (Å²) in [5.74, 6) is 0.726. The van der Waals surface area contributed by atoms with Gasteiger partial charge in [0, 0.05) is 37.5 Å². The number of carbonyl (C=O) groups is 1. The first-order valence-corrected chi connectivity index (χ1v) is 8.40. The van der Waals surface area contributed by atoms with Crippen LogP contribution < -0.4 is 0 Å². The van der Waals surface area contributed by atoms with Gasteiger partial charge < -0.3 is 0 Å². The standard InChI is InChI=1S/C16H24ClN3O/c1-11-13(16(17)19(2)18-11)10-20-9-5-7-14(20)12-6-3-4-8-15(12)21/h12,14H,3-10H2,1-2H3. The van der Waals surface area contributed by atoms with Gasteiger partial charge in [-0.15, -0.1) is 0 Å².